The third kappa shape index (κ3) is 5.50. The van der Waals surface area contributed by atoms with Crippen LogP contribution in [0, 0.1) is 11.3 Å². The van der Waals surface area contributed by atoms with Crippen LogP contribution in [0.2, 0.25) is 0 Å². The van der Waals surface area contributed by atoms with Gasteiger partial charge in [-0.25, -0.2) is 0 Å². The van der Waals surface area contributed by atoms with Gasteiger partial charge in [-0.2, -0.15) is 0 Å². The molecule has 1 fully saturated rings. The first-order chi connectivity index (χ1) is 9.94. The van der Waals surface area contributed by atoms with Gasteiger partial charge in [0.25, 0.3) is 0 Å². The van der Waals surface area contributed by atoms with Crippen LogP contribution in [0.3, 0.4) is 0 Å². The molecule has 0 saturated carbocycles. The average Bonchev–Trinajstić information content (AvgIpc) is 2.45. The highest BCUT2D eigenvalue weighted by atomic mass is 16.1. The van der Waals surface area contributed by atoms with Gasteiger partial charge in [-0.3, -0.25) is 9.69 Å². The molecule has 1 amide bonds. The predicted octanol–water partition coefficient (Wildman–Crippen LogP) is 3.06. The molecule has 1 heterocycles. The van der Waals surface area contributed by atoms with Crippen LogP contribution in [0.5, 0.6) is 0 Å². The van der Waals surface area contributed by atoms with Crippen molar-refractivity contribution in [1.29, 1.82) is 0 Å². The fraction of sp³-hybridized carbons (Fsp3) is 0.611. The molecule has 0 aromatic heterocycles. The van der Waals surface area contributed by atoms with Gasteiger partial charge in [0.2, 0.25) is 5.91 Å². The Morgan fingerprint density at radius 1 is 1.29 bits per heavy atom. The van der Waals surface area contributed by atoms with Gasteiger partial charge in [0.1, 0.15) is 0 Å². The van der Waals surface area contributed by atoms with E-state index >= 15 is 0 Å². The summed E-state index contributed by atoms with van der Waals surface area (Å²) in [4.78, 5) is 14.7. The Kier molecular flexibility index (Phi) is 5.40. The summed E-state index contributed by atoms with van der Waals surface area (Å²) in [7, 11) is 0. The minimum Gasteiger partial charge on any atom is -0.355 e. The van der Waals surface area contributed by atoms with Gasteiger partial charge in [0.15, 0.2) is 0 Å². The van der Waals surface area contributed by atoms with E-state index in [9.17, 15) is 4.79 Å². The number of amides is 1. The number of nitrogens with one attached hydrogen (secondary N) is 1. The Labute approximate surface area is 128 Å². The molecule has 1 N–H and O–H groups in total. The van der Waals surface area contributed by atoms with Gasteiger partial charge in [-0.05, 0) is 30.4 Å². The zero-order chi connectivity index (χ0) is 15.3. The predicted molar refractivity (Wildman–Crippen MR) is 86.9 cm³/mol. The summed E-state index contributed by atoms with van der Waals surface area (Å²) in [6, 6.07) is 10.5. The number of carbonyl (C=O) groups excluding carboxylic acids is 1. The summed E-state index contributed by atoms with van der Waals surface area (Å²) in [5.74, 6) is 0.368. The van der Waals surface area contributed by atoms with Crippen LogP contribution in [0.25, 0.3) is 0 Å². The van der Waals surface area contributed by atoms with E-state index in [1.54, 1.807) is 0 Å². The van der Waals surface area contributed by atoms with E-state index in [1.165, 1.54) is 5.56 Å². The van der Waals surface area contributed by atoms with E-state index in [-0.39, 0.29) is 17.2 Å². The van der Waals surface area contributed by atoms with Crippen molar-refractivity contribution in [1.82, 2.24) is 10.2 Å². The Morgan fingerprint density at radius 3 is 2.67 bits per heavy atom. The lowest BCUT2D eigenvalue weighted by atomic mass is 9.94. The summed E-state index contributed by atoms with van der Waals surface area (Å²) in [5, 5.41) is 3.11. The Morgan fingerprint density at radius 2 is 2.00 bits per heavy atom. The number of hydrogen-bond acceptors (Lipinski definition) is 2. The summed E-state index contributed by atoms with van der Waals surface area (Å²) < 4.78 is 0. The molecule has 2 rings (SSSR count). The maximum atomic E-state index is 12.3. The van der Waals surface area contributed by atoms with Gasteiger partial charge in [-0.15, -0.1) is 0 Å². The second-order valence-electron chi connectivity index (χ2n) is 7.34. The summed E-state index contributed by atoms with van der Waals surface area (Å²) in [6.45, 7) is 10.1. The molecule has 1 aromatic rings. The highest BCUT2D eigenvalue weighted by Crippen LogP contribution is 2.19. The van der Waals surface area contributed by atoms with Crippen molar-refractivity contribution in [2.45, 2.75) is 40.2 Å². The van der Waals surface area contributed by atoms with Crippen LogP contribution in [0.1, 0.15) is 39.2 Å². The van der Waals surface area contributed by atoms with Crippen molar-refractivity contribution in [3.05, 3.63) is 35.9 Å². The number of hydrogen-bond donors (Lipinski definition) is 1. The number of piperidine rings is 1. The molecule has 3 heteroatoms. The summed E-state index contributed by atoms with van der Waals surface area (Å²) in [5.41, 5.74) is 1.47. The number of nitrogens with zero attached hydrogens (tertiary/aromatic N) is 1. The molecule has 1 unspecified atom stereocenters. The lowest BCUT2D eigenvalue weighted by Crippen LogP contribution is -2.44. The maximum absolute atomic E-state index is 12.3. The van der Waals surface area contributed by atoms with Crippen molar-refractivity contribution in [2.24, 2.45) is 11.3 Å². The molecule has 1 aliphatic heterocycles. The van der Waals surface area contributed by atoms with Crippen LogP contribution in [0.4, 0.5) is 0 Å². The molecular formula is C18H28N2O. The van der Waals surface area contributed by atoms with Gasteiger partial charge < -0.3 is 5.32 Å². The van der Waals surface area contributed by atoms with Crippen molar-refractivity contribution in [3.8, 4) is 0 Å². The van der Waals surface area contributed by atoms with E-state index in [2.05, 4.69) is 55.3 Å². The Hall–Kier alpha value is -1.35. The Balaban J connectivity index is 1.84. The highest BCUT2D eigenvalue weighted by Gasteiger charge is 2.26. The molecular weight excluding hydrogens is 260 g/mol. The maximum Gasteiger partial charge on any atom is 0.224 e. The average molecular weight is 288 g/mol. The Bertz CT molecular complexity index is 450. The molecule has 3 nitrogen and oxygen atoms in total. The van der Waals surface area contributed by atoms with Gasteiger partial charge >= 0.3 is 0 Å². The van der Waals surface area contributed by atoms with Crippen LogP contribution in [-0.4, -0.2) is 30.4 Å². The van der Waals surface area contributed by atoms with Crippen molar-refractivity contribution in [3.63, 3.8) is 0 Å². The van der Waals surface area contributed by atoms with Gasteiger partial charge in [0.05, 0.1) is 5.92 Å². The standard InChI is InChI=1S/C18H28N2O/c1-18(2,3)14-19-17(21)16-10-7-11-20(13-16)12-15-8-5-4-6-9-15/h4-6,8-9,16H,7,10-14H2,1-3H3,(H,19,21). The zero-order valence-electron chi connectivity index (χ0n) is 13.6. The number of benzene rings is 1. The number of carbonyl (C=O) groups is 1. The minimum absolute atomic E-state index is 0.143. The van der Waals surface area contributed by atoms with Crippen molar-refractivity contribution >= 4 is 5.91 Å². The van der Waals surface area contributed by atoms with Gasteiger partial charge in [0, 0.05) is 19.6 Å². The fourth-order valence-corrected chi connectivity index (χ4v) is 2.75. The summed E-state index contributed by atoms with van der Waals surface area (Å²) in [6.07, 6.45) is 2.13. The van der Waals surface area contributed by atoms with E-state index < -0.39 is 0 Å². The van der Waals surface area contributed by atoms with Crippen molar-refractivity contribution in [2.75, 3.05) is 19.6 Å². The van der Waals surface area contributed by atoms with Crippen LogP contribution >= 0.6 is 0 Å². The first-order valence-electron chi connectivity index (χ1n) is 7.98. The second-order valence-corrected chi connectivity index (χ2v) is 7.34. The minimum atomic E-state index is 0.143. The fourth-order valence-electron chi connectivity index (χ4n) is 2.75. The SMILES string of the molecule is CC(C)(C)CNC(=O)C1CCCN(Cc2ccccc2)C1. The third-order valence-corrected chi connectivity index (χ3v) is 3.92. The molecule has 1 atom stereocenters. The lowest BCUT2D eigenvalue weighted by molar-refractivity contribution is -0.127. The van der Waals surface area contributed by atoms with E-state index in [0.29, 0.717) is 0 Å². The topological polar surface area (TPSA) is 32.3 Å². The van der Waals surface area contributed by atoms with Gasteiger partial charge in [-0.1, -0.05) is 51.1 Å². The molecule has 116 valence electrons. The number of likely N-dealkylation sites (tertiary alicyclic amines) is 1. The molecule has 0 radical (unpaired) electrons. The largest absolute Gasteiger partial charge is 0.355 e. The molecule has 0 spiro atoms. The summed E-state index contributed by atoms with van der Waals surface area (Å²) >= 11 is 0. The normalized spacial score (nSPS) is 20.2. The molecule has 1 saturated heterocycles. The molecule has 0 aliphatic carbocycles. The molecule has 1 aromatic carbocycles. The van der Waals surface area contributed by atoms with Crippen LogP contribution in [0.15, 0.2) is 30.3 Å². The molecule has 0 bridgehead atoms. The van der Waals surface area contributed by atoms with Crippen molar-refractivity contribution < 1.29 is 4.79 Å². The van der Waals surface area contributed by atoms with Crippen LogP contribution < -0.4 is 5.32 Å². The molecule has 1 aliphatic rings. The monoisotopic (exact) mass is 288 g/mol. The van der Waals surface area contributed by atoms with E-state index in [1.807, 2.05) is 6.07 Å². The highest BCUT2D eigenvalue weighted by molar-refractivity contribution is 5.79. The van der Waals surface area contributed by atoms with E-state index in [4.69, 9.17) is 0 Å². The van der Waals surface area contributed by atoms with Crippen LogP contribution in [-0.2, 0) is 11.3 Å². The quantitative estimate of drug-likeness (QED) is 0.923. The third-order valence-electron chi connectivity index (χ3n) is 3.92. The first kappa shape index (κ1) is 16.0. The zero-order valence-corrected chi connectivity index (χ0v) is 13.6. The first-order valence-corrected chi connectivity index (χ1v) is 7.98. The second kappa shape index (κ2) is 7.08. The molecule has 21 heavy (non-hydrogen) atoms. The lowest BCUT2D eigenvalue weighted by Gasteiger charge is -2.32. The number of rotatable bonds is 4. The smallest absolute Gasteiger partial charge is 0.224 e. The van der Waals surface area contributed by atoms with E-state index in [0.717, 1.165) is 39.0 Å².